The highest BCUT2D eigenvalue weighted by atomic mass is 35.5. The molecule has 0 heterocycles. The van der Waals surface area contributed by atoms with E-state index in [1.54, 1.807) is 30.3 Å². The summed E-state index contributed by atoms with van der Waals surface area (Å²) in [5, 5.41) is 0.499. The Bertz CT molecular complexity index is 614. The van der Waals surface area contributed by atoms with Gasteiger partial charge in [-0.3, -0.25) is 0 Å². The van der Waals surface area contributed by atoms with E-state index in [1.165, 1.54) is 12.1 Å². The Kier molecular flexibility index (Phi) is 4.20. The normalized spacial score (nSPS) is 11.4. The van der Waals surface area contributed by atoms with Crippen LogP contribution in [0.1, 0.15) is 5.56 Å². The number of hydrogen-bond donors (Lipinski definition) is 1. The molecule has 0 aliphatic heterocycles. The van der Waals surface area contributed by atoms with Crippen LogP contribution >= 0.6 is 11.6 Å². The lowest BCUT2D eigenvalue weighted by Gasteiger charge is -2.12. The van der Waals surface area contributed by atoms with E-state index >= 15 is 0 Å². The van der Waals surface area contributed by atoms with E-state index in [1.807, 2.05) is 0 Å². The molecule has 0 aromatic heterocycles. The van der Waals surface area contributed by atoms with Crippen molar-refractivity contribution in [1.29, 1.82) is 0 Å². The lowest BCUT2D eigenvalue weighted by atomic mass is 10.0. The Morgan fingerprint density at radius 2 is 1.80 bits per heavy atom. The molecule has 0 spiro atoms. The van der Waals surface area contributed by atoms with Crippen molar-refractivity contribution >= 4 is 11.6 Å². The third-order valence-corrected chi connectivity index (χ3v) is 2.83. The van der Waals surface area contributed by atoms with Crippen molar-refractivity contribution in [1.82, 2.24) is 0 Å². The van der Waals surface area contributed by atoms with E-state index in [4.69, 9.17) is 17.3 Å². The molecule has 2 N–H and O–H groups in total. The first-order chi connectivity index (χ1) is 9.37. The summed E-state index contributed by atoms with van der Waals surface area (Å²) >= 11 is 5.88. The summed E-state index contributed by atoms with van der Waals surface area (Å²) in [4.78, 5) is 0. The van der Waals surface area contributed by atoms with Crippen LogP contribution in [0.5, 0.6) is 5.75 Å². The smallest absolute Gasteiger partial charge is 0.406 e. The summed E-state index contributed by atoms with van der Waals surface area (Å²) in [5.41, 5.74) is 7.30. The summed E-state index contributed by atoms with van der Waals surface area (Å²) in [7, 11) is 0. The Hall–Kier alpha value is -1.72. The SMILES string of the molecule is NCc1cc(OC(F)(F)F)cc(-c2cccc(Cl)c2)c1. The lowest BCUT2D eigenvalue weighted by Crippen LogP contribution is -2.17. The molecule has 2 rings (SSSR count). The van der Waals surface area contributed by atoms with Gasteiger partial charge in [-0.15, -0.1) is 13.2 Å². The zero-order chi connectivity index (χ0) is 14.8. The van der Waals surface area contributed by atoms with Gasteiger partial charge in [0.2, 0.25) is 0 Å². The highest BCUT2D eigenvalue weighted by Gasteiger charge is 2.31. The fourth-order valence-corrected chi connectivity index (χ4v) is 2.00. The van der Waals surface area contributed by atoms with E-state index in [0.29, 0.717) is 21.7 Å². The van der Waals surface area contributed by atoms with E-state index in [-0.39, 0.29) is 12.3 Å². The molecule has 0 amide bonds. The largest absolute Gasteiger partial charge is 0.573 e. The molecule has 2 nitrogen and oxygen atoms in total. The molecule has 20 heavy (non-hydrogen) atoms. The minimum atomic E-state index is -4.74. The zero-order valence-electron chi connectivity index (χ0n) is 10.2. The molecule has 0 aliphatic rings. The maximum atomic E-state index is 12.3. The first kappa shape index (κ1) is 14.7. The Labute approximate surface area is 118 Å². The highest BCUT2D eigenvalue weighted by Crippen LogP contribution is 2.30. The van der Waals surface area contributed by atoms with Crippen LogP contribution in [0.2, 0.25) is 5.02 Å². The molecule has 6 heteroatoms. The predicted molar refractivity (Wildman–Crippen MR) is 71.5 cm³/mol. The second kappa shape index (κ2) is 5.73. The summed E-state index contributed by atoms with van der Waals surface area (Å²) in [5.74, 6) is -0.296. The molecular formula is C14H11ClF3NO. The predicted octanol–water partition coefficient (Wildman–Crippen LogP) is 4.36. The number of rotatable bonds is 3. The Morgan fingerprint density at radius 1 is 1.05 bits per heavy atom. The van der Waals surface area contributed by atoms with Crippen LogP contribution in [0.3, 0.4) is 0 Å². The van der Waals surface area contributed by atoms with Crippen LogP contribution in [0.4, 0.5) is 13.2 Å². The van der Waals surface area contributed by atoms with Gasteiger partial charge in [0.25, 0.3) is 0 Å². The minimum Gasteiger partial charge on any atom is -0.406 e. The number of hydrogen-bond acceptors (Lipinski definition) is 2. The Morgan fingerprint density at radius 3 is 2.40 bits per heavy atom. The van der Waals surface area contributed by atoms with Gasteiger partial charge in [0.1, 0.15) is 5.75 Å². The maximum Gasteiger partial charge on any atom is 0.573 e. The molecular weight excluding hydrogens is 291 g/mol. The number of halogens is 4. The van der Waals surface area contributed by atoms with Crippen molar-refractivity contribution in [2.75, 3.05) is 0 Å². The van der Waals surface area contributed by atoms with E-state index in [9.17, 15) is 13.2 Å². The molecule has 2 aromatic rings. The third-order valence-electron chi connectivity index (χ3n) is 2.59. The van der Waals surface area contributed by atoms with Gasteiger partial charge in [-0.25, -0.2) is 0 Å². The second-order valence-electron chi connectivity index (χ2n) is 4.13. The average Bonchev–Trinajstić information content (AvgIpc) is 2.36. The summed E-state index contributed by atoms with van der Waals surface area (Å²) in [6.45, 7) is 0.114. The molecule has 106 valence electrons. The standard InChI is InChI=1S/C14H11ClF3NO/c15-12-3-1-2-10(6-12)11-4-9(8-19)5-13(7-11)20-14(16,17)18/h1-7H,8,19H2. The molecule has 0 saturated heterocycles. The topological polar surface area (TPSA) is 35.2 Å². The molecule has 0 radical (unpaired) electrons. The zero-order valence-corrected chi connectivity index (χ0v) is 11.0. The molecule has 0 bridgehead atoms. The van der Waals surface area contributed by atoms with Gasteiger partial charge in [-0.2, -0.15) is 0 Å². The van der Waals surface area contributed by atoms with Gasteiger partial charge in [-0.1, -0.05) is 23.7 Å². The van der Waals surface area contributed by atoms with Gasteiger partial charge in [0, 0.05) is 11.6 Å². The van der Waals surface area contributed by atoms with Crippen LogP contribution in [0, 0.1) is 0 Å². The van der Waals surface area contributed by atoms with Crippen LogP contribution in [0.15, 0.2) is 42.5 Å². The van der Waals surface area contributed by atoms with Crippen LogP contribution < -0.4 is 10.5 Å². The fraction of sp³-hybridized carbons (Fsp3) is 0.143. The number of alkyl halides is 3. The fourth-order valence-electron chi connectivity index (χ4n) is 1.81. The van der Waals surface area contributed by atoms with E-state index in [2.05, 4.69) is 4.74 Å². The number of nitrogens with two attached hydrogens (primary N) is 1. The number of benzene rings is 2. The summed E-state index contributed by atoms with van der Waals surface area (Å²) < 4.78 is 40.9. The van der Waals surface area contributed by atoms with Crippen molar-refractivity contribution in [2.45, 2.75) is 12.9 Å². The van der Waals surface area contributed by atoms with Crippen molar-refractivity contribution < 1.29 is 17.9 Å². The molecule has 2 aromatic carbocycles. The van der Waals surface area contributed by atoms with Crippen LogP contribution in [-0.4, -0.2) is 6.36 Å². The van der Waals surface area contributed by atoms with Gasteiger partial charge < -0.3 is 10.5 Å². The highest BCUT2D eigenvalue weighted by molar-refractivity contribution is 6.30. The van der Waals surface area contributed by atoms with Crippen LogP contribution in [0.25, 0.3) is 11.1 Å². The monoisotopic (exact) mass is 301 g/mol. The third kappa shape index (κ3) is 3.88. The van der Waals surface area contributed by atoms with Gasteiger partial charge in [-0.05, 0) is 47.0 Å². The molecule has 0 unspecified atom stereocenters. The van der Waals surface area contributed by atoms with Crippen molar-refractivity contribution in [2.24, 2.45) is 5.73 Å². The number of ether oxygens (including phenoxy) is 1. The molecule has 0 fully saturated rings. The molecule has 0 atom stereocenters. The van der Waals surface area contributed by atoms with Gasteiger partial charge in [0.05, 0.1) is 0 Å². The first-order valence-corrected chi connectivity index (χ1v) is 6.11. The first-order valence-electron chi connectivity index (χ1n) is 5.73. The average molecular weight is 302 g/mol. The second-order valence-corrected chi connectivity index (χ2v) is 4.56. The van der Waals surface area contributed by atoms with Crippen molar-refractivity contribution in [3.8, 4) is 16.9 Å². The molecule has 0 aliphatic carbocycles. The van der Waals surface area contributed by atoms with E-state index < -0.39 is 6.36 Å². The Balaban J connectivity index is 2.45. The lowest BCUT2D eigenvalue weighted by molar-refractivity contribution is -0.274. The minimum absolute atomic E-state index is 0.114. The van der Waals surface area contributed by atoms with Gasteiger partial charge >= 0.3 is 6.36 Å². The molecule has 0 saturated carbocycles. The summed E-state index contributed by atoms with van der Waals surface area (Å²) in [6.07, 6.45) is -4.74. The van der Waals surface area contributed by atoms with Crippen molar-refractivity contribution in [3.05, 3.63) is 53.1 Å². The summed E-state index contributed by atoms with van der Waals surface area (Å²) in [6, 6.07) is 11.1. The van der Waals surface area contributed by atoms with E-state index in [0.717, 1.165) is 0 Å². The maximum absolute atomic E-state index is 12.3. The van der Waals surface area contributed by atoms with Crippen LogP contribution in [-0.2, 0) is 6.54 Å². The van der Waals surface area contributed by atoms with Gasteiger partial charge in [0.15, 0.2) is 0 Å². The quantitative estimate of drug-likeness (QED) is 0.914. The van der Waals surface area contributed by atoms with Crippen molar-refractivity contribution in [3.63, 3.8) is 0 Å².